The summed E-state index contributed by atoms with van der Waals surface area (Å²) in [7, 11) is 5.99. The molecule has 0 aliphatic heterocycles. The van der Waals surface area contributed by atoms with E-state index in [1.807, 2.05) is 0 Å². The normalized spacial score (nSPS) is 24.3. The first-order chi connectivity index (χ1) is 9.80. The summed E-state index contributed by atoms with van der Waals surface area (Å²) in [4.78, 5) is 21.6. The van der Waals surface area contributed by atoms with Crippen molar-refractivity contribution in [3.63, 3.8) is 0 Å². The molecular formula is C14H22N6O. The highest BCUT2D eigenvalue weighted by Gasteiger charge is 2.49. The molecule has 3 rings (SSSR count). The van der Waals surface area contributed by atoms with E-state index in [2.05, 4.69) is 53.2 Å². The van der Waals surface area contributed by atoms with Crippen LogP contribution in [0.15, 0.2) is 11.0 Å². The van der Waals surface area contributed by atoms with E-state index < -0.39 is 0 Å². The van der Waals surface area contributed by atoms with Gasteiger partial charge in [0.25, 0.3) is 5.56 Å². The van der Waals surface area contributed by atoms with Crippen LogP contribution in [0.2, 0.25) is 0 Å². The summed E-state index contributed by atoms with van der Waals surface area (Å²) in [6.45, 7) is 4.47. The maximum absolute atomic E-state index is 12.0. The molecule has 7 heteroatoms. The van der Waals surface area contributed by atoms with Gasteiger partial charge in [-0.25, -0.2) is 0 Å². The Kier molecular flexibility index (Phi) is 3.05. The lowest BCUT2D eigenvalue weighted by Crippen LogP contribution is -2.62. The van der Waals surface area contributed by atoms with Gasteiger partial charge in [-0.3, -0.25) is 14.5 Å². The van der Waals surface area contributed by atoms with Gasteiger partial charge in [-0.15, -0.1) is 0 Å². The summed E-state index contributed by atoms with van der Waals surface area (Å²) in [5, 5.41) is 7.96. The van der Waals surface area contributed by atoms with Gasteiger partial charge in [0.05, 0.1) is 6.20 Å². The lowest BCUT2D eigenvalue weighted by atomic mass is 9.62. The van der Waals surface area contributed by atoms with Crippen LogP contribution in [-0.2, 0) is 7.05 Å². The fraction of sp³-hybridized carbons (Fsp3) is 0.643. The molecule has 0 radical (unpaired) electrons. The van der Waals surface area contributed by atoms with Gasteiger partial charge >= 0.3 is 0 Å². The number of hydrogen-bond acceptors (Lipinski definition) is 5. The second-order valence-electron chi connectivity index (χ2n) is 6.65. The second-order valence-corrected chi connectivity index (χ2v) is 6.65. The fourth-order valence-corrected chi connectivity index (χ4v) is 3.29. The number of aromatic amines is 1. The number of anilines is 1. The highest BCUT2D eigenvalue weighted by atomic mass is 16.1. The molecule has 1 aliphatic carbocycles. The van der Waals surface area contributed by atoms with E-state index in [1.54, 1.807) is 17.9 Å². The lowest BCUT2D eigenvalue weighted by molar-refractivity contribution is 0.0147. The number of H-pyrrole nitrogens is 1. The minimum absolute atomic E-state index is 0.128. The third-order valence-electron chi connectivity index (χ3n) is 4.75. The molecule has 0 saturated heterocycles. The van der Waals surface area contributed by atoms with E-state index in [-0.39, 0.29) is 11.0 Å². The van der Waals surface area contributed by atoms with Crippen molar-refractivity contribution in [2.75, 3.05) is 19.4 Å². The zero-order valence-corrected chi connectivity index (χ0v) is 13.1. The first kappa shape index (κ1) is 14.1. The first-order valence-corrected chi connectivity index (χ1v) is 7.15. The fourth-order valence-electron chi connectivity index (χ4n) is 3.29. The van der Waals surface area contributed by atoms with Gasteiger partial charge in [0, 0.05) is 24.5 Å². The van der Waals surface area contributed by atoms with Crippen LogP contribution in [0.1, 0.15) is 20.3 Å². The van der Waals surface area contributed by atoms with Crippen molar-refractivity contribution in [2.45, 2.75) is 32.4 Å². The Morgan fingerprint density at radius 1 is 1.48 bits per heavy atom. The topological polar surface area (TPSA) is 78.8 Å². The van der Waals surface area contributed by atoms with E-state index in [9.17, 15) is 4.79 Å². The van der Waals surface area contributed by atoms with E-state index in [0.29, 0.717) is 29.1 Å². The number of nitrogens with one attached hydrogen (secondary N) is 2. The third kappa shape index (κ3) is 2.12. The van der Waals surface area contributed by atoms with Gasteiger partial charge in [-0.05, 0) is 20.5 Å². The van der Waals surface area contributed by atoms with Crippen molar-refractivity contribution in [3.05, 3.63) is 16.6 Å². The Bertz CT molecular complexity index is 729. The van der Waals surface area contributed by atoms with Crippen LogP contribution in [0.5, 0.6) is 0 Å². The van der Waals surface area contributed by atoms with Crippen molar-refractivity contribution in [1.82, 2.24) is 24.6 Å². The molecule has 2 aromatic rings. The summed E-state index contributed by atoms with van der Waals surface area (Å²) >= 11 is 0. The minimum Gasteiger partial charge on any atom is -0.352 e. The Labute approximate surface area is 123 Å². The van der Waals surface area contributed by atoms with Crippen LogP contribution in [0.4, 0.5) is 5.95 Å². The predicted molar refractivity (Wildman–Crippen MR) is 82.4 cm³/mol. The Morgan fingerprint density at radius 3 is 2.81 bits per heavy atom. The number of rotatable bonds is 3. The minimum atomic E-state index is -0.156. The highest BCUT2D eigenvalue weighted by molar-refractivity contribution is 5.74. The molecule has 21 heavy (non-hydrogen) atoms. The zero-order valence-electron chi connectivity index (χ0n) is 13.1. The van der Waals surface area contributed by atoms with Crippen LogP contribution in [0.25, 0.3) is 11.0 Å². The SMILES string of the molecule is CN(C)C1CC(Nc2nc3c(cnn3C)c(=O)[nH]2)C1(C)C. The second kappa shape index (κ2) is 4.56. The molecule has 0 bridgehead atoms. The molecule has 114 valence electrons. The Morgan fingerprint density at radius 2 is 2.19 bits per heavy atom. The number of aromatic nitrogens is 4. The van der Waals surface area contributed by atoms with Crippen molar-refractivity contribution in [2.24, 2.45) is 12.5 Å². The molecule has 1 fully saturated rings. The molecule has 1 aliphatic rings. The smallest absolute Gasteiger partial charge is 0.263 e. The molecule has 0 spiro atoms. The van der Waals surface area contributed by atoms with E-state index in [0.717, 1.165) is 6.42 Å². The van der Waals surface area contributed by atoms with Gasteiger partial charge < -0.3 is 10.2 Å². The molecule has 2 aromatic heterocycles. The van der Waals surface area contributed by atoms with Crippen LogP contribution >= 0.6 is 0 Å². The van der Waals surface area contributed by atoms with Crippen LogP contribution < -0.4 is 10.9 Å². The number of aryl methyl sites for hydroxylation is 1. The maximum atomic E-state index is 12.0. The molecule has 7 nitrogen and oxygen atoms in total. The molecular weight excluding hydrogens is 268 g/mol. The average Bonchev–Trinajstić information content (AvgIpc) is 2.76. The number of nitrogens with zero attached hydrogens (tertiary/aromatic N) is 4. The molecule has 0 aromatic carbocycles. The summed E-state index contributed by atoms with van der Waals surface area (Å²) in [6.07, 6.45) is 2.58. The van der Waals surface area contributed by atoms with E-state index in [4.69, 9.17) is 0 Å². The number of fused-ring (bicyclic) bond motifs is 1. The van der Waals surface area contributed by atoms with E-state index in [1.165, 1.54) is 0 Å². The van der Waals surface area contributed by atoms with Gasteiger partial charge in [-0.1, -0.05) is 13.8 Å². The molecule has 2 N–H and O–H groups in total. The lowest BCUT2D eigenvalue weighted by Gasteiger charge is -2.55. The van der Waals surface area contributed by atoms with Crippen molar-refractivity contribution in [3.8, 4) is 0 Å². The monoisotopic (exact) mass is 290 g/mol. The summed E-state index contributed by atoms with van der Waals surface area (Å²) in [5.41, 5.74) is 0.572. The van der Waals surface area contributed by atoms with E-state index >= 15 is 0 Å². The summed E-state index contributed by atoms with van der Waals surface area (Å²) in [6, 6.07) is 0.820. The maximum Gasteiger partial charge on any atom is 0.263 e. The zero-order chi connectivity index (χ0) is 15.4. The van der Waals surface area contributed by atoms with Gasteiger partial charge in [-0.2, -0.15) is 10.1 Å². The highest BCUT2D eigenvalue weighted by Crippen LogP contribution is 2.44. The molecule has 2 atom stereocenters. The van der Waals surface area contributed by atoms with Gasteiger partial charge in [0.15, 0.2) is 5.65 Å². The number of hydrogen-bond donors (Lipinski definition) is 2. The predicted octanol–water partition coefficient (Wildman–Crippen LogP) is 0.797. The first-order valence-electron chi connectivity index (χ1n) is 7.15. The van der Waals surface area contributed by atoms with Crippen LogP contribution in [-0.4, -0.2) is 50.8 Å². The Balaban J connectivity index is 1.87. The molecule has 1 saturated carbocycles. The standard InChI is InChI=1S/C14H22N6O/c1-14(2)9(6-10(14)19(3)4)16-13-17-11-8(12(21)18-13)7-15-20(11)5/h7,9-10H,6H2,1-5H3,(H2,16,17,18,21). The molecule has 0 amide bonds. The van der Waals surface area contributed by atoms with Gasteiger partial charge in [0.2, 0.25) is 5.95 Å². The van der Waals surface area contributed by atoms with Crippen LogP contribution in [0.3, 0.4) is 0 Å². The Hall–Kier alpha value is -1.89. The van der Waals surface area contributed by atoms with Crippen molar-refractivity contribution in [1.29, 1.82) is 0 Å². The van der Waals surface area contributed by atoms with Crippen LogP contribution in [0, 0.1) is 5.41 Å². The molecule has 2 heterocycles. The summed E-state index contributed by atoms with van der Waals surface area (Å²) < 4.78 is 1.62. The third-order valence-corrected chi connectivity index (χ3v) is 4.75. The largest absolute Gasteiger partial charge is 0.352 e. The summed E-state index contributed by atoms with van der Waals surface area (Å²) in [5.74, 6) is 0.520. The average molecular weight is 290 g/mol. The quantitative estimate of drug-likeness (QED) is 0.874. The molecule has 2 unspecified atom stereocenters. The van der Waals surface area contributed by atoms with Gasteiger partial charge in [0.1, 0.15) is 5.39 Å². The van der Waals surface area contributed by atoms with Crippen molar-refractivity contribution < 1.29 is 0 Å². The van der Waals surface area contributed by atoms with Crippen molar-refractivity contribution >= 4 is 17.0 Å².